The summed E-state index contributed by atoms with van der Waals surface area (Å²) in [6, 6.07) is 14.4. The Kier molecular flexibility index (Phi) is 7.04. The van der Waals surface area contributed by atoms with E-state index >= 15 is 0 Å². The number of allylic oxidation sites excluding steroid dienone is 1. The van der Waals surface area contributed by atoms with Crippen LogP contribution in [0.25, 0.3) is 29.1 Å². The van der Waals surface area contributed by atoms with Gasteiger partial charge in [-0.3, -0.25) is 18.6 Å². The van der Waals surface area contributed by atoms with Crippen LogP contribution < -0.4 is 16.6 Å². The van der Waals surface area contributed by atoms with Crippen LogP contribution in [-0.4, -0.2) is 45.1 Å². The van der Waals surface area contributed by atoms with Gasteiger partial charge < -0.3 is 5.32 Å². The molecule has 1 amide bonds. The molecule has 0 radical (unpaired) electrons. The lowest BCUT2D eigenvalue weighted by molar-refractivity contribution is -0.120. The molecular formula is C29H27N5O5S2. The number of rotatable bonds is 7. The largest absolute Gasteiger partial charge is 0.353 e. The maximum absolute atomic E-state index is 13.4. The van der Waals surface area contributed by atoms with Crippen molar-refractivity contribution < 1.29 is 13.2 Å². The van der Waals surface area contributed by atoms with Crippen molar-refractivity contribution in [2.75, 3.05) is 12.3 Å². The minimum atomic E-state index is -3.80. The summed E-state index contributed by atoms with van der Waals surface area (Å²) < 4.78 is 30.0. The predicted molar refractivity (Wildman–Crippen MR) is 158 cm³/mol. The molecule has 4 aromatic rings. The number of benzene rings is 1. The van der Waals surface area contributed by atoms with Crippen molar-refractivity contribution >= 4 is 45.4 Å². The van der Waals surface area contributed by atoms with E-state index in [-0.39, 0.29) is 48.2 Å². The molecule has 0 saturated carbocycles. The molecule has 5 heterocycles. The average Bonchev–Trinajstić information content (AvgIpc) is 3.28. The van der Waals surface area contributed by atoms with Crippen LogP contribution in [0, 0.1) is 6.92 Å². The molecule has 2 aliphatic rings. The van der Waals surface area contributed by atoms with Gasteiger partial charge in [-0.05, 0) is 54.5 Å². The third-order valence-corrected chi connectivity index (χ3v) is 10.1. The molecule has 1 N–H and O–H groups in total. The third kappa shape index (κ3) is 4.97. The third-order valence-electron chi connectivity index (χ3n) is 7.11. The number of aryl methyl sites for hydroxylation is 1. The van der Waals surface area contributed by atoms with Crippen LogP contribution in [0.2, 0.25) is 0 Å². The van der Waals surface area contributed by atoms with Gasteiger partial charge in [0.15, 0.2) is 14.9 Å². The summed E-state index contributed by atoms with van der Waals surface area (Å²) in [5.41, 5.74) is 1.82. The fraction of sp³-hybridized carbons (Fsp3) is 0.241. The number of aromatic nitrogens is 4. The summed E-state index contributed by atoms with van der Waals surface area (Å²) in [7, 11) is -3.80. The smallest absolute Gasteiger partial charge is 0.336 e. The fourth-order valence-corrected chi connectivity index (χ4v) is 8.00. The average molecular weight is 590 g/mol. The van der Waals surface area contributed by atoms with Crippen LogP contribution in [0.4, 0.5) is 0 Å². The Morgan fingerprint density at radius 3 is 2.73 bits per heavy atom. The molecule has 0 saturated heterocycles. The van der Waals surface area contributed by atoms with Gasteiger partial charge >= 0.3 is 5.69 Å². The second kappa shape index (κ2) is 10.7. The number of pyridine rings is 1. The van der Waals surface area contributed by atoms with Crippen LogP contribution in [0.5, 0.6) is 0 Å². The Morgan fingerprint density at radius 2 is 1.93 bits per heavy atom. The van der Waals surface area contributed by atoms with Crippen molar-refractivity contribution in [1.29, 1.82) is 0 Å². The number of amides is 1. The Balaban J connectivity index is 1.17. The summed E-state index contributed by atoms with van der Waals surface area (Å²) >= 11 is 1.62. The zero-order valence-electron chi connectivity index (χ0n) is 22.2. The first-order chi connectivity index (χ1) is 19.7. The van der Waals surface area contributed by atoms with Gasteiger partial charge in [0.25, 0.3) is 5.56 Å². The monoisotopic (exact) mass is 589 g/mol. The van der Waals surface area contributed by atoms with Gasteiger partial charge in [-0.25, -0.2) is 22.8 Å². The van der Waals surface area contributed by atoms with Crippen molar-refractivity contribution in [1.82, 2.24) is 23.8 Å². The Labute approximate surface area is 240 Å². The second-order valence-corrected chi connectivity index (χ2v) is 13.0. The van der Waals surface area contributed by atoms with Gasteiger partial charge in [-0.2, -0.15) is 0 Å². The molecule has 0 bridgehead atoms. The molecule has 0 fully saturated rings. The molecular weight excluding hydrogens is 562 g/mol. The topological polar surface area (TPSA) is 125 Å². The zero-order valence-corrected chi connectivity index (χ0v) is 23.9. The van der Waals surface area contributed by atoms with E-state index < -0.39 is 21.1 Å². The minimum absolute atomic E-state index is 0.0240. The lowest BCUT2D eigenvalue weighted by Crippen LogP contribution is -2.43. The molecule has 0 aliphatic carbocycles. The Hall–Kier alpha value is -4.16. The normalized spacial score (nSPS) is 15.6. The maximum atomic E-state index is 13.4. The molecule has 0 spiro atoms. The highest BCUT2D eigenvalue weighted by atomic mass is 32.2. The predicted octanol–water partition coefficient (Wildman–Crippen LogP) is 3.32. The minimum Gasteiger partial charge on any atom is -0.353 e. The Bertz CT molecular complexity index is 1990. The van der Waals surface area contributed by atoms with Crippen LogP contribution in [0.15, 0.2) is 79.2 Å². The number of fused-ring (bicyclic) bond motifs is 1. The highest BCUT2D eigenvalue weighted by molar-refractivity contribution is 8.03. The quantitative estimate of drug-likeness (QED) is 0.328. The van der Waals surface area contributed by atoms with E-state index in [2.05, 4.69) is 20.8 Å². The number of carbonyl (C=O) groups is 1. The molecule has 210 valence electrons. The molecule has 6 rings (SSSR count). The molecule has 0 unspecified atom stereocenters. The van der Waals surface area contributed by atoms with Gasteiger partial charge in [0.2, 0.25) is 5.91 Å². The molecule has 3 aromatic heterocycles. The summed E-state index contributed by atoms with van der Waals surface area (Å²) in [6.07, 6.45) is 6.00. The molecule has 0 atom stereocenters. The lowest BCUT2D eigenvalue weighted by Gasteiger charge is -2.22. The highest BCUT2D eigenvalue weighted by Gasteiger charge is 2.32. The molecule has 2 aliphatic heterocycles. The summed E-state index contributed by atoms with van der Waals surface area (Å²) in [5, 5.41) is 3.63. The van der Waals surface area contributed by atoms with Crippen LogP contribution >= 0.6 is 11.8 Å². The zero-order chi connectivity index (χ0) is 28.7. The van der Waals surface area contributed by atoms with Gasteiger partial charge in [-0.1, -0.05) is 48.2 Å². The number of carbonyl (C=O) groups excluding carboxylic acids is 1. The molecule has 1 aromatic carbocycles. The van der Waals surface area contributed by atoms with Gasteiger partial charge in [0, 0.05) is 25.7 Å². The first-order valence-electron chi connectivity index (χ1n) is 13.2. The Morgan fingerprint density at radius 1 is 1.12 bits per heavy atom. The standard InChI is InChI=1S/C29H27N5O5S2/c1-19-22-18-21(40-25-11-5-10-23(31-19)34(22)25)12-13-24(35)30-14-6-15-32-27(36)26(20-8-3-2-4-9-20)28-33(29(32)37)16-7-17-41(28,38)39/h2-6,8-11,15,18H,7,12-14,16-17H2,1H3,(H,30,35)/b15-6+. The highest BCUT2D eigenvalue weighted by Crippen LogP contribution is 2.37. The maximum Gasteiger partial charge on any atom is 0.336 e. The van der Waals surface area contributed by atoms with Crippen molar-refractivity contribution in [3.8, 4) is 11.1 Å². The van der Waals surface area contributed by atoms with Gasteiger partial charge in [0.1, 0.15) is 5.65 Å². The molecule has 41 heavy (non-hydrogen) atoms. The van der Waals surface area contributed by atoms with Gasteiger partial charge in [0.05, 0.1) is 27.7 Å². The summed E-state index contributed by atoms with van der Waals surface area (Å²) in [5.74, 6) is -0.290. The first-order valence-corrected chi connectivity index (χ1v) is 15.7. The number of imidazole rings is 1. The van der Waals surface area contributed by atoms with E-state index in [4.69, 9.17) is 0 Å². The van der Waals surface area contributed by atoms with Crippen molar-refractivity contribution in [2.45, 2.75) is 42.8 Å². The van der Waals surface area contributed by atoms with Crippen LogP contribution in [0.3, 0.4) is 0 Å². The number of sulfone groups is 1. The van der Waals surface area contributed by atoms with E-state index in [1.807, 2.05) is 25.1 Å². The number of hydrogen-bond acceptors (Lipinski definition) is 7. The van der Waals surface area contributed by atoms with E-state index in [9.17, 15) is 22.8 Å². The summed E-state index contributed by atoms with van der Waals surface area (Å²) in [6.45, 7) is 2.26. The van der Waals surface area contributed by atoms with E-state index in [1.165, 1.54) is 12.3 Å². The van der Waals surface area contributed by atoms with E-state index in [1.54, 1.807) is 42.1 Å². The van der Waals surface area contributed by atoms with Crippen LogP contribution in [0.1, 0.15) is 30.7 Å². The first kappa shape index (κ1) is 27.0. The van der Waals surface area contributed by atoms with Crippen molar-refractivity contribution in [3.05, 3.63) is 91.7 Å². The molecule has 12 heteroatoms. The number of nitrogens with one attached hydrogen (secondary N) is 1. The van der Waals surface area contributed by atoms with Crippen LogP contribution in [-0.2, 0) is 21.2 Å². The number of hydrogen-bond donors (Lipinski definition) is 1. The van der Waals surface area contributed by atoms with Crippen molar-refractivity contribution in [3.63, 3.8) is 0 Å². The fourth-order valence-electron chi connectivity index (χ4n) is 5.21. The summed E-state index contributed by atoms with van der Waals surface area (Å²) in [4.78, 5) is 44.9. The second-order valence-electron chi connectivity index (χ2n) is 9.87. The van der Waals surface area contributed by atoms with Crippen molar-refractivity contribution in [2.24, 2.45) is 0 Å². The van der Waals surface area contributed by atoms with E-state index in [0.717, 1.165) is 36.1 Å². The molecule has 10 nitrogen and oxygen atoms in total. The SMILES string of the molecule is Cc1nc2cccc3n2c1C=C(CCC(=O)NC/C=C/n1c(=O)c(-c2ccccc2)c2n(c1=O)CCCS2(=O)=O)S3. The van der Waals surface area contributed by atoms with E-state index in [0.29, 0.717) is 12.0 Å². The number of nitrogens with zero attached hydrogens (tertiary/aromatic N) is 4. The lowest BCUT2D eigenvalue weighted by atomic mass is 10.1. The van der Waals surface area contributed by atoms with Gasteiger partial charge in [-0.15, -0.1) is 0 Å². The number of thioether (sulfide) groups is 1.